The topological polar surface area (TPSA) is 84.7 Å². The first-order chi connectivity index (χ1) is 11.1. The van der Waals surface area contributed by atoms with E-state index < -0.39 is 11.9 Å². The number of methoxy groups -OCH3 is 1. The summed E-state index contributed by atoms with van der Waals surface area (Å²) in [7, 11) is 1.60. The Morgan fingerprint density at radius 1 is 1.48 bits per heavy atom. The van der Waals surface area contributed by atoms with Crippen molar-refractivity contribution < 1.29 is 19.4 Å². The summed E-state index contributed by atoms with van der Waals surface area (Å²) in [6.07, 6.45) is 3.58. The molecule has 1 fully saturated rings. The van der Waals surface area contributed by atoms with Crippen molar-refractivity contribution in [1.29, 1.82) is 0 Å². The van der Waals surface area contributed by atoms with E-state index in [-0.39, 0.29) is 18.9 Å². The summed E-state index contributed by atoms with van der Waals surface area (Å²) in [6.45, 7) is 0.616. The highest BCUT2D eigenvalue weighted by atomic mass is 16.5. The Hall–Kier alpha value is -2.83. The minimum absolute atomic E-state index is 0.0688. The van der Waals surface area contributed by atoms with Crippen molar-refractivity contribution in [3.63, 3.8) is 0 Å². The number of carbonyl (C=O) groups excluding carboxylic acids is 1. The number of benzene rings is 1. The molecular weight excluding hydrogens is 298 g/mol. The number of carbonyl (C=O) groups is 2. The van der Waals surface area contributed by atoms with Crippen LogP contribution < -0.4 is 4.74 Å². The summed E-state index contributed by atoms with van der Waals surface area (Å²) in [4.78, 5) is 24.4. The molecule has 1 amide bonds. The minimum atomic E-state index is -0.923. The molecule has 0 unspecified atom stereocenters. The average Bonchev–Trinajstić information content (AvgIpc) is 3.15. The number of amides is 1. The lowest BCUT2D eigenvalue weighted by atomic mass is 10.1. The first kappa shape index (κ1) is 15.1. The average molecular weight is 315 g/mol. The summed E-state index contributed by atoms with van der Waals surface area (Å²) >= 11 is 0. The summed E-state index contributed by atoms with van der Waals surface area (Å²) < 4.78 is 6.89. The molecular formula is C16H17N3O4. The molecule has 0 spiro atoms. The van der Waals surface area contributed by atoms with Crippen LogP contribution in [0.4, 0.5) is 0 Å². The number of rotatable bonds is 5. The molecule has 1 aliphatic rings. The summed E-state index contributed by atoms with van der Waals surface area (Å²) in [5.41, 5.74) is 1.71. The predicted molar refractivity (Wildman–Crippen MR) is 81.3 cm³/mol. The van der Waals surface area contributed by atoms with Crippen molar-refractivity contribution in [2.45, 2.75) is 13.0 Å². The third-order valence-corrected chi connectivity index (χ3v) is 3.89. The van der Waals surface area contributed by atoms with Crippen molar-refractivity contribution in [2.24, 2.45) is 5.92 Å². The monoisotopic (exact) mass is 315 g/mol. The Kier molecular flexibility index (Phi) is 4.01. The van der Waals surface area contributed by atoms with Crippen LogP contribution in [0.3, 0.4) is 0 Å². The van der Waals surface area contributed by atoms with Crippen LogP contribution in [-0.4, -0.2) is 45.3 Å². The van der Waals surface area contributed by atoms with Crippen LogP contribution in [0.5, 0.6) is 5.75 Å². The van der Waals surface area contributed by atoms with E-state index in [0.717, 1.165) is 17.0 Å². The molecule has 0 saturated carbocycles. The van der Waals surface area contributed by atoms with E-state index in [1.807, 2.05) is 30.5 Å². The van der Waals surface area contributed by atoms with Gasteiger partial charge in [0.05, 0.1) is 24.9 Å². The zero-order chi connectivity index (χ0) is 16.4. The number of carboxylic acids is 1. The van der Waals surface area contributed by atoms with Crippen LogP contribution >= 0.6 is 0 Å². The SMILES string of the molecule is COc1cccc(-n2cc(CN3C[C@H](C(=O)O)CC3=O)cn2)c1. The number of hydrogen-bond donors (Lipinski definition) is 1. The lowest BCUT2D eigenvalue weighted by Gasteiger charge is -2.14. The fourth-order valence-corrected chi connectivity index (χ4v) is 2.65. The highest BCUT2D eigenvalue weighted by Gasteiger charge is 2.34. The van der Waals surface area contributed by atoms with Gasteiger partial charge in [-0.3, -0.25) is 9.59 Å². The second-order valence-corrected chi connectivity index (χ2v) is 5.51. The van der Waals surface area contributed by atoms with Crippen LogP contribution in [0, 0.1) is 5.92 Å². The number of aliphatic carboxylic acids is 1. The number of nitrogens with zero attached hydrogens (tertiary/aromatic N) is 3. The second-order valence-electron chi connectivity index (χ2n) is 5.51. The number of carboxylic acid groups (broad SMARTS) is 1. The van der Waals surface area contributed by atoms with Gasteiger partial charge in [0, 0.05) is 37.3 Å². The summed E-state index contributed by atoms with van der Waals surface area (Å²) in [6, 6.07) is 7.48. The van der Waals surface area contributed by atoms with Crippen LogP contribution in [0.15, 0.2) is 36.7 Å². The predicted octanol–water partition coefficient (Wildman–Crippen LogP) is 1.31. The number of ether oxygens (including phenoxy) is 1. The first-order valence-corrected chi connectivity index (χ1v) is 7.25. The normalized spacial score (nSPS) is 17.5. The summed E-state index contributed by atoms with van der Waals surface area (Å²) in [5.74, 6) is -0.936. The molecule has 0 radical (unpaired) electrons. The second kappa shape index (κ2) is 6.12. The molecule has 3 rings (SSSR count). The Labute approximate surface area is 133 Å². The molecule has 1 aliphatic heterocycles. The van der Waals surface area contributed by atoms with Gasteiger partial charge in [0.1, 0.15) is 5.75 Å². The van der Waals surface area contributed by atoms with Gasteiger partial charge in [-0.2, -0.15) is 5.10 Å². The molecule has 7 nitrogen and oxygen atoms in total. The molecule has 1 N–H and O–H groups in total. The zero-order valence-corrected chi connectivity index (χ0v) is 12.7. The van der Waals surface area contributed by atoms with Crippen molar-refractivity contribution in [1.82, 2.24) is 14.7 Å². The van der Waals surface area contributed by atoms with E-state index in [1.165, 1.54) is 0 Å². The highest BCUT2D eigenvalue weighted by Crippen LogP contribution is 2.21. The Balaban J connectivity index is 1.72. The van der Waals surface area contributed by atoms with E-state index in [2.05, 4.69) is 5.10 Å². The summed E-state index contributed by atoms with van der Waals surface area (Å²) in [5, 5.41) is 13.3. The van der Waals surface area contributed by atoms with Gasteiger partial charge in [-0.05, 0) is 12.1 Å². The van der Waals surface area contributed by atoms with Gasteiger partial charge in [-0.1, -0.05) is 6.07 Å². The third kappa shape index (κ3) is 3.18. The Morgan fingerprint density at radius 3 is 3.00 bits per heavy atom. The van der Waals surface area contributed by atoms with Gasteiger partial charge in [-0.25, -0.2) is 4.68 Å². The van der Waals surface area contributed by atoms with Crippen molar-refractivity contribution in [3.05, 3.63) is 42.2 Å². The van der Waals surface area contributed by atoms with E-state index in [1.54, 1.807) is 22.9 Å². The lowest BCUT2D eigenvalue weighted by Crippen LogP contribution is -2.25. The Morgan fingerprint density at radius 2 is 2.30 bits per heavy atom. The van der Waals surface area contributed by atoms with Crippen LogP contribution in [0.1, 0.15) is 12.0 Å². The third-order valence-electron chi connectivity index (χ3n) is 3.89. The van der Waals surface area contributed by atoms with Crippen molar-refractivity contribution in [3.8, 4) is 11.4 Å². The van der Waals surface area contributed by atoms with Crippen molar-refractivity contribution >= 4 is 11.9 Å². The molecule has 1 saturated heterocycles. The maximum absolute atomic E-state index is 11.9. The van der Waals surface area contributed by atoms with Crippen molar-refractivity contribution in [2.75, 3.05) is 13.7 Å². The van der Waals surface area contributed by atoms with Crippen LogP contribution in [0.25, 0.3) is 5.69 Å². The molecule has 7 heteroatoms. The number of hydrogen-bond acceptors (Lipinski definition) is 4. The van der Waals surface area contributed by atoms with Gasteiger partial charge in [0.15, 0.2) is 0 Å². The Bertz CT molecular complexity index is 740. The van der Waals surface area contributed by atoms with Crippen LogP contribution in [-0.2, 0) is 16.1 Å². The molecule has 2 heterocycles. The highest BCUT2D eigenvalue weighted by molar-refractivity contribution is 5.86. The van der Waals surface area contributed by atoms with E-state index in [0.29, 0.717) is 6.54 Å². The maximum atomic E-state index is 11.9. The minimum Gasteiger partial charge on any atom is -0.497 e. The zero-order valence-electron chi connectivity index (χ0n) is 12.7. The van der Waals surface area contributed by atoms with Gasteiger partial charge >= 0.3 is 5.97 Å². The first-order valence-electron chi connectivity index (χ1n) is 7.25. The molecule has 120 valence electrons. The molecule has 0 aliphatic carbocycles. The van der Waals surface area contributed by atoms with E-state index in [4.69, 9.17) is 9.84 Å². The molecule has 1 aromatic carbocycles. The fraction of sp³-hybridized carbons (Fsp3) is 0.312. The van der Waals surface area contributed by atoms with Gasteiger partial charge < -0.3 is 14.7 Å². The lowest BCUT2D eigenvalue weighted by molar-refractivity contribution is -0.141. The van der Waals surface area contributed by atoms with Gasteiger partial charge in [0.25, 0.3) is 0 Å². The molecule has 23 heavy (non-hydrogen) atoms. The molecule has 0 bridgehead atoms. The molecule has 1 atom stereocenters. The number of aromatic nitrogens is 2. The van der Waals surface area contributed by atoms with E-state index in [9.17, 15) is 9.59 Å². The van der Waals surface area contributed by atoms with Crippen LogP contribution in [0.2, 0.25) is 0 Å². The quantitative estimate of drug-likeness (QED) is 0.899. The maximum Gasteiger partial charge on any atom is 0.308 e. The molecule has 1 aromatic heterocycles. The largest absolute Gasteiger partial charge is 0.497 e. The number of likely N-dealkylation sites (tertiary alicyclic amines) is 1. The standard InChI is InChI=1S/C16H17N3O4/c1-23-14-4-2-3-13(6-14)19-9-11(7-17-19)8-18-10-12(16(21)22)5-15(18)20/h2-4,6-7,9,12H,5,8,10H2,1H3,(H,21,22)/t12-/m1/s1. The smallest absolute Gasteiger partial charge is 0.308 e. The van der Waals surface area contributed by atoms with Gasteiger partial charge in [0.2, 0.25) is 5.91 Å². The molecule has 2 aromatic rings. The fourth-order valence-electron chi connectivity index (χ4n) is 2.65. The van der Waals surface area contributed by atoms with E-state index >= 15 is 0 Å². The van der Waals surface area contributed by atoms with Gasteiger partial charge in [-0.15, -0.1) is 0 Å².